The van der Waals surface area contributed by atoms with Gasteiger partial charge in [-0.3, -0.25) is 0 Å². The Balaban J connectivity index is 1.97. The number of rotatable bonds is 2. The van der Waals surface area contributed by atoms with Gasteiger partial charge in [0.15, 0.2) is 0 Å². The average molecular weight is 214 g/mol. The molecule has 15 heavy (non-hydrogen) atoms. The lowest BCUT2D eigenvalue weighted by molar-refractivity contribution is -0.168. The van der Waals surface area contributed by atoms with Crippen LogP contribution < -0.4 is 0 Å². The molecule has 0 aromatic carbocycles. The van der Waals surface area contributed by atoms with E-state index in [0.717, 1.165) is 0 Å². The molecule has 0 unspecified atom stereocenters. The van der Waals surface area contributed by atoms with E-state index in [-0.39, 0.29) is 18.3 Å². The highest BCUT2D eigenvalue weighted by Crippen LogP contribution is 2.39. The second-order valence-electron chi connectivity index (χ2n) is 5.61. The van der Waals surface area contributed by atoms with Crippen LogP contribution in [0.1, 0.15) is 27.7 Å². The van der Waals surface area contributed by atoms with E-state index in [2.05, 4.69) is 0 Å². The maximum atomic E-state index is 9.93. The number of hydrogen-bond acceptors (Lipinski definition) is 4. The van der Waals surface area contributed by atoms with Crippen molar-refractivity contribution in [1.82, 2.24) is 0 Å². The minimum absolute atomic E-state index is 0.321. The molecule has 86 valence electrons. The standard InChI is InChI=1S/C10H19BO4/c1-8(2)9(3,4)15-11(14-8)5-10(12)6-13-7-10/h12H,5-7H2,1-4H3. The van der Waals surface area contributed by atoms with E-state index in [9.17, 15) is 5.11 Å². The van der Waals surface area contributed by atoms with Crippen LogP contribution in [-0.4, -0.2) is 42.2 Å². The smallest absolute Gasteiger partial charge is 0.403 e. The summed E-state index contributed by atoms with van der Waals surface area (Å²) in [7, 11) is -0.330. The molecule has 0 saturated carbocycles. The molecule has 0 aliphatic carbocycles. The Morgan fingerprint density at radius 3 is 1.87 bits per heavy atom. The van der Waals surface area contributed by atoms with Crippen LogP contribution >= 0.6 is 0 Å². The van der Waals surface area contributed by atoms with Crippen LogP contribution in [0.3, 0.4) is 0 Å². The van der Waals surface area contributed by atoms with Crippen molar-refractivity contribution in [3.63, 3.8) is 0 Å². The third-order valence-corrected chi connectivity index (χ3v) is 3.59. The van der Waals surface area contributed by atoms with E-state index in [0.29, 0.717) is 19.5 Å². The second kappa shape index (κ2) is 3.20. The van der Waals surface area contributed by atoms with Gasteiger partial charge < -0.3 is 19.2 Å². The number of ether oxygens (including phenoxy) is 1. The third-order valence-electron chi connectivity index (χ3n) is 3.59. The van der Waals surface area contributed by atoms with Gasteiger partial charge >= 0.3 is 7.12 Å². The summed E-state index contributed by atoms with van der Waals surface area (Å²) in [6.45, 7) is 8.80. The zero-order valence-electron chi connectivity index (χ0n) is 9.87. The Morgan fingerprint density at radius 1 is 1.07 bits per heavy atom. The van der Waals surface area contributed by atoms with Crippen LogP contribution in [0.25, 0.3) is 0 Å². The van der Waals surface area contributed by atoms with Gasteiger partial charge in [0.1, 0.15) is 5.60 Å². The van der Waals surface area contributed by atoms with E-state index >= 15 is 0 Å². The van der Waals surface area contributed by atoms with Crippen molar-refractivity contribution in [2.75, 3.05) is 13.2 Å². The molecule has 0 aromatic heterocycles. The quantitative estimate of drug-likeness (QED) is 0.692. The van der Waals surface area contributed by atoms with Gasteiger partial charge in [0.2, 0.25) is 0 Å². The van der Waals surface area contributed by atoms with Gasteiger partial charge in [0, 0.05) is 6.32 Å². The zero-order chi connectivity index (χ0) is 11.3. The van der Waals surface area contributed by atoms with Gasteiger partial charge in [0.25, 0.3) is 0 Å². The number of hydrogen-bond donors (Lipinski definition) is 1. The summed E-state index contributed by atoms with van der Waals surface area (Å²) in [5, 5.41) is 9.93. The Kier molecular flexibility index (Phi) is 2.43. The Morgan fingerprint density at radius 2 is 1.53 bits per heavy atom. The highest BCUT2D eigenvalue weighted by molar-refractivity contribution is 6.45. The molecule has 0 spiro atoms. The Hall–Kier alpha value is -0.0951. The van der Waals surface area contributed by atoms with Crippen molar-refractivity contribution in [1.29, 1.82) is 0 Å². The molecule has 5 heteroatoms. The van der Waals surface area contributed by atoms with Crippen molar-refractivity contribution in [2.24, 2.45) is 0 Å². The fourth-order valence-electron chi connectivity index (χ4n) is 1.81. The molecule has 4 nitrogen and oxygen atoms in total. The number of aliphatic hydroxyl groups is 1. The summed E-state index contributed by atoms with van der Waals surface area (Å²) in [4.78, 5) is 0. The predicted octanol–water partition coefficient (Wildman–Crippen LogP) is 0.840. The van der Waals surface area contributed by atoms with E-state index in [1.165, 1.54) is 0 Å². The van der Waals surface area contributed by atoms with Crippen LogP contribution in [0.2, 0.25) is 6.32 Å². The largest absolute Gasteiger partial charge is 0.460 e. The highest BCUT2D eigenvalue weighted by Gasteiger charge is 2.54. The molecule has 0 radical (unpaired) electrons. The first-order chi connectivity index (χ1) is 6.74. The van der Waals surface area contributed by atoms with Crippen LogP contribution in [0.5, 0.6) is 0 Å². The predicted molar refractivity (Wildman–Crippen MR) is 56.7 cm³/mol. The van der Waals surface area contributed by atoms with Crippen LogP contribution in [0.4, 0.5) is 0 Å². The van der Waals surface area contributed by atoms with E-state index < -0.39 is 5.60 Å². The van der Waals surface area contributed by atoms with Gasteiger partial charge in [-0.1, -0.05) is 0 Å². The fourth-order valence-corrected chi connectivity index (χ4v) is 1.81. The molecule has 2 saturated heterocycles. The average Bonchev–Trinajstić information content (AvgIpc) is 2.17. The Labute approximate surface area is 91.0 Å². The van der Waals surface area contributed by atoms with Gasteiger partial charge in [-0.05, 0) is 27.7 Å². The first-order valence-corrected chi connectivity index (χ1v) is 5.40. The van der Waals surface area contributed by atoms with Crippen molar-refractivity contribution in [2.45, 2.75) is 50.8 Å². The van der Waals surface area contributed by atoms with E-state index in [1.54, 1.807) is 0 Å². The first-order valence-electron chi connectivity index (χ1n) is 5.40. The molecule has 0 atom stereocenters. The minimum Gasteiger partial charge on any atom is -0.403 e. The summed E-state index contributed by atoms with van der Waals surface area (Å²) in [6.07, 6.45) is 0.486. The summed E-state index contributed by atoms with van der Waals surface area (Å²) >= 11 is 0. The van der Waals surface area contributed by atoms with Crippen LogP contribution in [-0.2, 0) is 14.0 Å². The van der Waals surface area contributed by atoms with Crippen LogP contribution in [0.15, 0.2) is 0 Å². The molecule has 2 rings (SSSR count). The fraction of sp³-hybridized carbons (Fsp3) is 1.00. The van der Waals surface area contributed by atoms with Crippen molar-refractivity contribution < 1.29 is 19.2 Å². The van der Waals surface area contributed by atoms with Crippen molar-refractivity contribution in [3.05, 3.63) is 0 Å². The third kappa shape index (κ3) is 1.94. The molecule has 1 N–H and O–H groups in total. The van der Waals surface area contributed by atoms with Gasteiger partial charge in [0.05, 0.1) is 24.4 Å². The van der Waals surface area contributed by atoms with E-state index in [1.807, 2.05) is 27.7 Å². The normalized spacial score (nSPS) is 31.4. The van der Waals surface area contributed by atoms with Gasteiger partial charge in [-0.25, -0.2) is 0 Å². The first kappa shape index (κ1) is 11.4. The SMILES string of the molecule is CC1(C)OB(CC2(O)COC2)OC1(C)C. The summed E-state index contributed by atoms with van der Waals surface area (Å²) in [6, 6.07) is 0. The monoisotopic (exact) mass is 214 g/mol. The summed E-state index contributed by atoms with van der Waals surface area (Å²) < 4.78 is 16.6. The van der Waals surface area contributed by atoms with E-state index in [4.69, 9.17) is 14.0 Å². The molecule has 0 bridgehead atoms. The second-order valence-corrected chi connectivity index (χ2v) is 5.61. The molecule has 0 aromatic rings. The lowest BCUT2D eigenvalue weighted by atomic mass is 9.74. The topological polar surface area (TPSA) is 47.9 Å². The van der Waals surface area contributed by atoms with Crippen molar-refractivity contribution in [3.8, 4) is 0 Å². The molecule has 2 aliphatic rings. The molecule has 2 heterocycles. The summed E-state index contributed by atoms with van der Waals surface area (Å²) in [5.74, 6) is 0. The molecular weight excluding hydrogens is 195 g/mol. The molecule has 2 fully saturated rings. The highest BCUT2D eigenvalue weighted by atomic mass is 16.7. The molecule has 0 amide bonds. The van der Waals surface area contributed by atoms with Gasteiger partial charge in [-0.2, -0.15) is 0 Å². The molecule has 2 aliphatic heterocycles. The lowest BCUT2D eigenvalue weighted by Gasteiger charge is -2.36. The van der Waals surface area contributed by atoms with Crippen LogP contribution in [0, 0.1) is 0 Å². The minimum atomic E-state index is -0.749. The molecular formula is C10H19BO4. The summed E-state index contributed by atoms with van der Waals surface area (Å²) in [5.41, 5.74) is -1.39. The van der Waals surface area contributed by atoms with Gasteiger partial charge in [-0.15, -0.1) is 0 Å². The maximum absolute atomic E-state index is 9.93. The maximum Gasteiger partial charge on any atom is 0.460 e. The van der Waals surface area contributed by atoms with Crippen molar-refractivity contribution >= 4 is 7.12 Å². The zero-order valence-corrected chi connectivity index (χ0v) is 9.87. The Bertz CT molecular complexity index is 244. The lowest BCUT2D eigenvalue weighted by Crippen LogP contribution is -2.52.